The summed E-state index contributed by atoms with van der Waals surface area (Å²) in [6.45, 7) is 0. The van der Waals surface area contributed by atoms with E-state index in [2.05, 4.69) is 9.97 Å². The number of hydrogen-bond acceptors (Lipinski definition) is 3. The SMILES string of the molecule is Fc1ccc(Oc2nc(Cl)nc3ccccc23)cc1F. The van der Waals surface area contributed by atoms with Crippen molar-refractivity contribution in [1.29, 1.82) is 0 Å². The number of aromatic nitrogens is 2. The van der Waals surface area contributed by atoms with Crippen LogP contribution >= 0.6 is 11.6 Å². The van der Waals surface area contributed by atoms with Gasteiger partial charge in [-0.2, -0.15) is 4.98 Å². The second kappa shape index (κ2) is 5.02. The Labute approximate surface area is 117 Å². The lowest BCUT2D eigenvalue weighted by atomic mass is 10.2. The second-order valence-electron chi connectivity index (χ2n) is 3.99. The normalized spacial score (nSPS) is 10.8. The Morgan fingerprint density at radius 3 is 2.55 bits per heavy atom. The molecule has 20 heavy (non-hydrogen) atoms. The molecule has 3 aromatic rings. The number of hydrogen-bond donors (Lipinski definition) is 0. The molecule has 2 aromatic carbocycles. The topological polar surface area (TPSA) is 35.0 Å². The van der Waals surface area contributed by atoms with E-state index in [1.165, 1.54) is 6.07 Å². The van der Waals surface area contributed by atoms with Gasteiger partial charge in [0.25, 0.3) is 0 Å². The van der Waals surface area contributed by atoms with Gasteiger partial charge >= 0.3 is 0 Å². The minimum Gasteiger partial charge on any atom is -0.438 e. The largest absolute Gasteiger partial charge is 0.438 e. The summed E-state index contributed by atoms with van der Waals surface area (Å²) in [7, 11) is 0. The van der Waals surface area contributed by atoms with E-state index < -0.39 is 11.6 Å². The third-order valence-electron chi connectivity index (χ3n) is 2.65. The highest BCUT2D eigenvalue weighted by Gasteiger charge is 2.10. The molecule has 6 heteroatoms. The highest BCUT2D eigenvalue weighted by molar-refractivity contribution is 6.28. The Bertz CT molecular complexity index is 795. The number of fused-ring (bicyclic) bond motifs is 1. The molecule has 0 aliphatic carbocycles. The van der Waals surface area contributed by atoms with Crippen molar-refractivity contribution in [2.45, 2.75) is 0 Å². The number of benzene rings is 2. The lowest BCUT2D eigenvalue weighted by molar-refractivity contribution is 0.451. The average Bonchev–Trinajstić information content (AvgIpc) is 2.43. The van der Waals surface area contributed by atoms with Gasteiger partial charge in [-0.25, -0.2) is 13.8 Å². The van der Waals surface area contributed by atoms with Gasteiger partial charge in [-0.1, -0.05) is 12.1 Å². The summed E-state index contributed by atoms with van der Waals surface area (Å²) in [6, 6.07) is 10.3. The van der Waals surface area contributed by atoms with Gasteiger partial charge in [-0.05, 0) is 35.9 Å². The van der Waals surface area contributed by atoms with E-state index in [0.717, 1.165) is 12.1 Å². The van der Waals surface area contributed by atoms with Gasteiger partial charge in [-0.3, -0.25) is 0 Å². The molecule has 100 valence electrons. The molecule has 0 unspecified atom stereocenters. The van der Waals surface area contributed by atoms with Crippen LogP contribution in [0.25, 0.3) is 10.9 Å². The van der Waals surface area contributed by atoms with Crippen LogP contribution in [0.3, 0.4) is 0 Å². The zero-order valence-corrected chi connectivity index (χ0v) is 10.7. The van der Waals surface area contributed by atoms with E-state index in [0.29, 0.717) is 10.9 Å². The van der Waals surface area contributed by atoms with Gasteiger partial charge in [0.2, 0.25) is 11.2 Å². The summed E-state index contributed by atoms with van der Waals surface area (Å²) in [5.74, 6) is -1.62. The molecule has 0 spiro atoms. The maximum Gasteiger partial charge on any atom is 0.231 e. The van der Waals surface area contributed by atoms with E-state index in [-0.39, 0.29) is 16.9 Å². The fraction of sp³-hybridized carbons (Fsp3) is 0. The Kier molecular flexibility index (Phi) is 3.20. The van der Waals surface area contributed by atoms with E-state index in [9.17, 15) is 8.78 Å². The van der Waals surface area contributed by atoms with Crippen molar-refractivity contribution in [1.82, 2.24) is 9.97 Å². The predicted octanol–water partition coefficient (Wildman–Crippen LogP) is 4.35. The summed E-state index contributed by atoms with van der Waals surface area (Å²) < 4.78 is 31.5. The first-order chi connectivity index (χ1) is 9.63. The van der Waals surface area contributed by atoms with Crippen molar-refractivity contribution >= 4 is 22.5 Å². The third-order valence-corrected chi connectivity index (χ3v) is 2.82. The first-order valence-electron chi connectivity index (χ1n) is 5.69. The molecule has 0 N–H and O–H groups in total. The first kappa shape index (κ1) is 12.7. The minimum atomic E-state index is -0.994. The van der Waals surface area contributed by atoms with Crippen LogP contribution in [0, 0.1) is 11.6 Å². The van der Waals surface area contributed by atoms with Gasteiger partial charge < -0.3 is 4.74 Å². The lowest BCUT2D eigenvalue weighted by Crippen LogP contribution is -1.94. The zero-order valence-electron chi connectivity index (χ0n) is 9.98. The maximum atomic E-state index is 13.2. The number of para-hydroxylation sites is 1. The molecular weight excluding hydrogens is 286 g/mol. The summed E-state index contributed by atoms with van der Waals surface area (Å²) in [5.41, 5.74) is 0.602. The molecule has 0 saturated carbocycles. The Hall–Kier alpha value is -2.27. The Morgan fingerprint density at radius 2 is 1.75 bits per heavy atom. The van der Waals surface area contributed by atoms with Gasteiger partial charge in [0.15, 0.2) is 11.6 Å². The summed E-state index contributed by atoms with van der Waals surface area (Å²) in [5, 5.41) is 0.642. The fourth-order valence-electron chi connectivity index (χ4n) is 1.75. The number of halogens is 3. The smallest absolute Gasteiger partial charge is 0.231 e. The molecule has 0 radical (unpaired) electrons. The van der Waals surface area contributed by atoms with Crippen molar-refractivity contribution in [3.63, 3.8) is 0 Å². The Morgan fingerprint density at radius 1 is 0.950 bits per heavy atom. The van der Waals surface area contributed by atoms with Crippen molar-refractivity contribution in [2.75, 3.05) is 0 Å². The number of nitrogens with zero attached hydrogens (tertiary/aromatic N) is 2. The standard InChI is InChI=1S/C14H7ClF2N2O/c15-14-18-12-4-2-1-3-9(12)13(19-14)20-8-5-6-10(16)11(17)7-8/h1-7H. The number of ether oxygens (including phenoxy) is 1. The van der Waals surface area contributed by atoms with E-state index in [4.69, 9.17) is 16.3 Å². The average molecular weight is 293 g/mol. The molecule has 0 bridgehead atoms. The van der Waals surface area contributed by atoms with Crippen LogP contribution in [0.4, 0.5) is 8.78 Å². The molecule has 0 aliphatic rings. The molecule has 0 saturated heterocycles. The van der Waals surface area contributed by atoms with E-state index >= 15 is 0 Å². The maximum absolute atomic E-state index is 13.2. The van der Waals surface area contributed by atoms with Crippen LogP contribution < -0.4 is 4.74 Å². The third kappa shape index (κ3) is 2.40. The molecule has 0 amide bonds. The van der Waals surface area contributed by atoms with Crippen LogP contribution in [-0.2, 0) is 0 Å². The zero-order chi connectivity index (χ0) is 14.1. The monoisotopic (exact) mass is 292 g/mol. The highest BCUT2D eigenvalue weighted by atomic mass is 35.5. The quantitative estimate of drug-likeness (QED) is 0.659. The van der Waals surface area contributed by atoms with Crippen LogP contribution in [0.1, 0.15) is 0 Å². The highest BCUT2D eigenvalue weighted by Crippen LogP contribution is 2.28. The molecule has 1 heterocycles. The predicted molar refractivity (Wildman–Crippen MR) is 71.0 cm³/mol. The molecule has 0 fully saturated rings. The number of rotatable bonds is 2. The summed E-state index contributed by atoms with van der Waals surface area (Å²) in [6.07, 6.45) is 0. The lowest BCUT2D eigenvalue weighted by Gasteiger charge is -2.08. The second-order valence-corrected chi connectivity index (χ2v) is 4.33. The molecule has 1 aromatic heterocycles. The molecule has 0 aliphatic heterocycles. The molecule has 3 rings (SSSR count). The van der Waals surface area contributed by atoms with Gasteiger partial charge in [-0.15, -0.1) is 0 Å². The van der Waals surface area contributed by atoms with Crippen LogP contribution in [0.15, 0.2) is 42.5 Å². The first-order valence-corrected chi connectivity index (χ1v) is 6.06. The fourth-order valence-corrected chi connectivity index (χ4v) is 1.92. The van der Waals surface area contributed by atoms with Crippen molar-refractivity contribution in [3.8, 4) is 11.6 Å². The minimum absolute atomic E-state index is 0.0151. The van der Waals surface area contributed by atoms with Gasteiger partial charge in [0, 0.05) is 6.07 Å². The molecule has 0 atom stereocenters. The van der Waals surface area contributed by atoms with E-state index in [1.54, 1.807) is 24.3 Å². The summed E-state index contributed by atoms with van der Waals surface area (Å²) in [4.78, 5) is 8.01. The van der Waals surface area contributed by atoms with E-state index in [1.807, 2.05) is 0 Å². The molecular formula is C14H7ClF2N2O. The Balaban J connectivity index is 2.07. The summed E-state index contributed by atoms with van der Waals surface area (Å²) >= 11 is 5.81. The van der Waals surface area contributed by atoms with Crippen molar-refractivity contribution < 1.29 is 13.5 Å². The molecule has 3 nitrogen and oxygen atoms in total. The van der Waals surface area contributed by atoms with Crippen molar-refractivity contribution in [2.24, 2.45) is 0 Å². The van der Waals surface area contributed by atoms with Crippen LogP contribution in [0.5, 0.6) is 11.6 Å². The van der Waals surface area contributed by atoms with Gasteiger partial charge in [0.05, 0.1) is 10.9 Å². The van der Waals surface area contributed by atoms with Crippen LogP contribution in [-0.4, -0.2) is 9.97 Å². The van der Waals surface area contributed by atoms with Crippen molar-refractivity contribution in [3.05, 3.63) is 59.4 Å². The van der Waals surface area contributed by atoms with Crippen LogP contribution in [0.2, 0.25) is 5.28 Å². The van der Waals surface area contributed by atoms with Gasteiger partial charge in [0.1, 0.15) is 5.75 Å².